The third-order valence-electron chi connectivity index (χ3n) is 4.48. The Balaban J connectivity index is 1.82. The summed E-state index contributed by atoms with van der Waals surface area (Å²) in [5.41, 5.74) is 1.79. The second-order valence-corrected chi connectivity index (χ2v) is 6.06. The van der Waals surface area contributed by atoms with Gasteiger partial charge in [0.25, 0.3) is 0 Å². The number of rotatable bonds is 6. The molecule has 1 saturated carbocycles. The number of alkyl halides is 3. The van der Waals surface area contributed by atoms with E-state index < -0.39 is 13.0 Å². The second-order valence-electron chi connectivity index (χ2n) is 6.06. The number of hydrogen-bond acceptors (Lipinski definition) is 1. The van der Waals surface area contributed by atoms with Crippen LogP contribution in [0.3, 0.4) is 0 Å². The minimum absolute atomic E-state index is 0.419. The molecule has 0 heterocycles. The van der Waals surface area contributed by atoms with Gasteiger partial charge < -0.3 is 0 Å². The molecule has 1 fully saturated rings. The highest BCUT2D eigenvalue weighted by Gasteiger charge is 2.29. The van der Waals surface area contributed by atoms with E-state index in [4.69, 9.17) is 0 Å². The predicted molar refractivity (Wildman–Crippen MR) is 81.4 cm³/mol. The van der Waals surface area contributed by atoms with E-state index in [2.05, 4.69) is 11.3 Å². The molecule has 0 radical (unpaired) electrons. The fourth-order valence-electron chi connectivity index (χ4n) is 3.19. The Kier molecular flexibility index (Phi) is 6.07. The molecule has 0 unspecified atom stereocenters. The zero-order valence-corrected chi connectivity index (χ0v) is 12.7. The van der Waals surface area contributed by atoms with Gasteiger partial charge in [-0.3, -0.25) is 4.74 Å². The first-order chi connectivity index (χ1) is 10.5. The number of benzene rings is 1. The molecule has 0 N–H and O–H groups in total. The Morgan fingerprint density at radius 3 is 2.27 bits per heavy atom. The first-order valence-electron chi connectivity index (χ1n) is 7.88. The summed E-state index contributed by atoms with van der Waals surface area (Å²) in [6.45, 7) is 3.35. The van der Waals surface area contributed by atoms with Crippen molar-refractivity contribution in [3.05, 3.63) is 48.0 Å². The van der Waals surface area contributed by atoms with Crippen molar-refractivity contribution in [2.45, 2.75) is 57.4 Å². The van der Waals surface area contributed by atoms with Gasteiger partial charge in [0.15, 0.2) is 0 Å². The Hall–Kier alpha value is -1.29. The SMILES string of the molecule is C=CCCC1CCC(c2ccc(COC(F)(F)F)cc2)CC1. The van der Waals surface area contributed by atoms with E-state index in [0.717, 1.165) is 12.3 Å². The van der Waals surface area contributed by atoms with Gasteiger partial charge in [-0.25, -0.2) is 0 Å². The van der Waals surface area contributed by atoms with Crippen LogP contribution in [0.1, 0.15) is 55.6 Å². The molecule has 0 aromatic heterocycles. The van der Waals surface area contributed by atoms with Crippen LogP contribution in [-0.2, 0) is 11.3 Å². The van der Waals surface area contributed by atoms with Crippen LogP contribution in [0.2, 0.25) is 0 Å². The fourth-order valence-corrected chi connectivity index (χ4v) is 3.19. The van der Waals surface area contributed by atoms with E-state index in [1.54, 1.807) is 12.1 Å². The zero-order chi connectivity index (χ0) is 16.0. The van der Waals surface area contributed by atoms with Gasteiger partial charge in [-0.1, -0.05) is 30.3 Å². The monoisotopic (exact) mass is 312 g/mol. The third-order valence-corrected chi connectivity index (χ3v) is 4.48. The molecule has 1 aromatic rings. The highest BCUT2D eigenvalue weighted by molar-refractivity contribution is 5.25. The Morgan fingerprint density at radius 1 is 1.09 bits per heavy atom. The lowest BCUT2D eigenvalue weighted by Crippen LogP contribution is -2.14. The minimum Gasteiger partial charge on any atom is -0.287 e. The van der Waals surface area contributed by atoms with Crippen LogP contribution >= 0.6 is 0 Å². The van der Waals surface area contributed by atoms with Gasteiger partial charge >= 0.3 is 6.36 Å². The summed E-state index contributed by atoms with van der Waals surface area (Å²) >= 11 is 0. The molecule has 2 rings (SSSR count). The lowest BCUT2D eigenvalue weighted by molar-refractivity contribution is -0.330. The van der Waals surface area contributed by atoms with Crippen molar-refractivity contribution in [3.63, 3.8) is 0 Å². The average Bonchev–Trinajstić information content (AvgIpc) is 2.51. The van der Waals surface area contributed by atoms with Gasteiger partial charge in [0, 0.05) is 0 Å². The lowest BCUT2D eigenvalue weighted by Gasteiger charge is -2.28. The summed E-state index contributed by atoms with van der Waals surface area (Å²) in [5, 5.41) is 0. The molecule has 0 saturated heterocycles. The fraction of sp³-hybridized carbons (Fsp3) is 0.556. The van der Waals surface area contributed by atoms with Crippen LogP contribution in [0.4, 0.5) is 13.2 Å². The summed E-state index contributed by atoms with van der Waals surface area (Å²) in [4.78, 5) is 0. The highest BCUT2D eigenvalue weighted by Crippen LogP contribution is 2.37. The first kappa shape index (κ1) is 17.1. The molecule has 1 aliphatic rings. The zero-order valence-electron chi connectivity index (χ0n) is 12.7. The Labute approximate surface area is 130 Å². The van der Waals surface area contributed by atoms with Gasteiger partial charge in [0.1, 0.15) is 0 Å². The normalized spacial score (nSPS) is 22.5. The van der Waals surface area contributed by atoms with Gasteiger partial charge in [-0.2, -0.15) is 0 Å². The topological polar surface area (TPSA) is 9.23 Å². The van der Waals surface area contributed by atoms with Gasteiger partial charge in [-0.15, -0.1) is 19.8 Å². The number of allylic oxidation sites excluding steroid dienone is 1. The molecule has 1 aliphatic carbocycles. The van der Waals surface area contributed by atoms with E-state index in [1.165, 1.54) is 37.7 Å². The van der Waals surface area contributed by atoms with E-state index >= 15 is 0 Å². The van der Waals surface area contributed by atoms with Crippen LogP contribution in [0.15, 0.2) is 36.9 Å². The Bertz CT molecular complexity index is 456. The molecule has 0 spiro atoms. The largest absolute Gasteiger partial charge is 0.522 e. The number of halogens is 3. The van der Waals surface area contributed by atoms with Crippen molar-refractivity contribution >= 4 is 0 Å². The molecule has 0 aliphatic heterocycles. The quantitative estimate of drug-likeness (QED) is 0.589. The molecule has 0 atom stereocenters. The highest BCUT2D eigenvalue weighted by atomic mass is 19.4. The van der Waals surface area contributed by atoms with Crippen molar-refractivity contribution in [1.82, 2.24) is 0 Å². The Morgan fingerprint density at radius 2 is 1.73 bits per heavy atom. The average molecular weight is 312 g/mol. The minimum atomic E-state index is -4.57. The second kappa shape index (κ2) is 7.82. The van der Waals surface area contributed by atoms with Crippen LogP contribution in [-0.4, -0.2) is 6.36 Å². The molecule has 22 heavy (non-hydrogen) atoms. The maximum absolute atomic E-state index is 12.0. The molecule has 1 aromatic carbocycles. The van der Waals surface area contributed by atoms with Crippen molar-refractivity contribution in [2.75, 3.05) is 0 Å². The van der Waals surface area contributed by atoms with Crippen molar-refractivity contribution in [2.24, 2.45) is 5.92 Å². The van der Waals surface area contributed by atoms with Crippen LogP contribution in [0.25, 0.3) is 0 Å². The molecule has 4 heteroatoms. The van der Waals surface area contributed by atoms with Gasteiger partial charge in [0.05, 0.1) is 6.61 Å². The van der Waals surface area contributed by atoms with Crippen molar-refractivity contribution in [3.8, 4) is 0 Å². The van der Waals surface area contributed by atoms with E-state index in [-0.39, 0.29) is 0 Å². The van der Waals surface area contributed by atoms with Gasteiger partial charge in [0.2, 0.25) is 0 Å². The van der Waals surface area contributed by atoms with E-state index in [9.17, 15) is 13.2 Å². The maximum atomic E-state index is 12.0. The van der Waals surface area contributed by atoms with E-state index in [1.807, 2.05) is 18.2 Å². The molecule has 1 nitrogen and oxygen atoms in total. The van der Waals surface area contributed by atoms with Crippen molar-refractivity contribution in [1.29, 1.82) is 0 Å². The predicted octanol–water partition coefficient (Wildman–Crippen LogP) is 5.96. The maximum Gasteiger partial charge on any atom is 0.522 e. The summed E-state index contributed by atoms with van der Waals surface area (Å²) in [6, 6.07) is 7.38. The molecule has 0 bridgehead atoms. The summed E-state index contributed by atoms with van der Waals surface area (Å²) in [7, 11) is 0. The molecule has 0 amide bonds. The van der Waals surface area contributed by atoms with Crippen molar-refractivity contribution < 1.29 is 17.9 Å². The van der Waals surface area contributed by atoms with Gasteiger partial charge in [-0.05, 0) is 61.5 Å². The smallest absolute Gasteiger partial charge is 0.287 e. The standard InChI is InChI=1S/C18H23F3O/c1-2-3-4-14-5-9-16(10-6-14)17-11-7-15(8-12-17)13-22-18(19,20)21/h2,7-8,11-12,14,16H,1,3-6,9-10,13H2. The number of ether oxygens (including phenoxy) is 1. The molecular formula is C18H23F3O. The lowest BCUT2D eigenvalue weighted by atomic mass is 9.77. The van der Waals surface area contributed by atoms with Crippen LogP contribution < -0.4 is 0 Å². The van der Waals surface area contributed by atoms with Crippen LogP contribution in [0.5, 0.6) is 0 Å². The van der Waals surface area contributed by atoms with E-state index in [0.29, 0.717) is 11.5 Å². The summed E-state index contributed by atoms with van der Waals surface area (Å²) in [6.07, 6.45) is 4.53. The summed E-state index contributed by atoms with van der Waals surface area (Å²) < 4.78 is 39.9. The molecular weight excluding hydrogens is 289 g/mol. The van der Waals surface area contributed by atoms with Crippen LogP contribution in [0, 0.1) is 5.92 Å². The first-order valence-corrected chi connectivity index (χ1v) is 7.88. The third kappa shape index (κ3) is 5.48. The summed E-state index contributed by atoms with van der Waals surface area (Å²) in [5.74, 6) is 1.34. The molecule has 122 valence electrons. The number of hydrogen-bond donors (Lipinski definition) is 0.